The Balaban J connectivity index is 1.71. The smallest absolute Gasteiger partial charge is 0.306 e. The molecular formula is C19H24O4. The zero-order chi connectivity index (χ0) is 16.4. The van der Waals surface area contributed by atoms with Gasteiger partial charge in [0.25, 0.3) is 0 Å². The summed E-state index contributed by atoms with van der Waals surface area (Å²) in [5.74, 6) is 0.935. The van der Waals surface area contributed by atoms with Gasteiger partial charge in [-0.15, -0.1) is 0 Å². The average Bonchev–Trinajstić information content (AvgIpc) is 2.50. The van der Waals surface area contributed by atoms with E-state index in [1.807, 2.05) is 6.08 Å². The maximum absolute atomic E-state index is 11.8. The highest BCUT2D eigenvalue weighted by Crippen LogP contribution is 2.61. The Labute approximate surface area is 136 Å². The zero-order valence-electron chi connectivity index (χ0n) is 13.8. The average molecular weight is 316 g/mol. The third-order valence-corrected chi connectivity index (χ3v) is 7.02. The maximum Gasteiger partial charge on any atom is 0.306 e. The summed E-state index contributed by atoms with van der Waals surface area (Å²) in [5.41, 5.74) is 0.358. The second-order valence-corrected chi connectivity index (χ2v) is 8.09. The standard InChI is InChI=1S/C19H24O4/c1-18-9-8-15(20)17(22)14(18)4-3-11-12(18)7-10-19(2)13(11)5-6-16(21)23-19/h8-9,11-13,22H,3-7,10H2,1-2H3/t11-,12+,13+,18-,19+/m1/s1. The molecule has 23 heavy (non-hydrogen) atoms. The minimum Gasteiger partial charge on any atom is -0.504 e. The molecule has 0 bridgehead atoms. The number of aliphatic hydroxyl groups excluding tert-OH is 1. The Bertz CT molecular complexity index is 646. The molecule has 0 spiro atoms. The third kappa shape index (κ3) is 1.96. The highest BCUT2D eigenvalue weighted by Gasteiger charge is 2.57. The molecule has 4 aliphatic rings. The van der Waals surface area contributed by atoms with Crippen LogP contribution in [0.3, 0.4) is 0 Å². The second-order valence-electron chi connectivity index (χ2n) is 8.09. The summed E-state index contributed by atoms with van der Waals surface area (Å²) in [6, 6.07) is 0. The van der Waals surface area contributed by atoms with Crippen molar-refractivity contribution in [3.63, 3.8) is 0 Å². The van der Waals surface area contributed by atoms with E-state index in [0.29, 0.717) is 24.2 Å². The lowest BCUT2D eigenvalue weighted by Crippen LogP contribution is -2.56. The Morgan fingerprint density at radius 3 is 2.70 bits per heavy atom. The number of rotatable bonds is 0. The second kappa shape index (κ2) is 4.71. The summed E-state index contributed by atoms with van der Waals surface area (Å²) >= 11 is 0. The van der Waals surface area contributed by atoms with Crippen molar-refractivity contribution in [2.24, 2.45) is 23.2 Å². The van der Waals surface area contributed by atoms with E-state index in [1.165, 1.54) is 6.08 Å². The number of ketones is 1. The molecule has 1 heterocycles. The summed E-state index contributed by atoms with van der Waals surface area (Å²) in [4.78, 5) is 23.6. The molecule has 1 N–H and O–H groups in total. The number of carbonyl (C=O) groups is 2. The van der Waals surface area contributed by atoms with E-state index in [1.54, 1.807) is 0 Å². The largest absolute Gasteiger partial charge is 0.504 e. The Morgan fingerprint density at radius 2 is 1.91 bits per heavy atom. The number of carbonyl (C=O) groups excluding carboxylic acids is 2. The van der Waals surface area contributed by atoms with Gasteiger partial charge in [-0.25, -0.2) is 0 Å². The molecule has 5 atom stereocenters. The summed E-state index contributed by atoms with van der Waals surface area (Å²) < 4.78 is 5.76. The van der Waals surface area contributed by atoms with Crippen molar-refractivity contribution in [2.45, 2.75) is 58.0 Å². The van der Waals surface area contributed by atoms with Crippen LogP contribution in [0.2, 0.25) is 0 Å². The van der Waals surface area contributed by atoms with E-state index in [9.17, 15) is 14.7 Å². The van der Waals surface area contributed by atoms with E-state index < -0.39 is 0 Å². The Morgan fingerprint density at radius 1 is 1.13 bits per heavy atom. The molecule has 4 heteroatoms. The van der Waals surface area contributed by atoms with E-state index in [4.69, 9.17) is 4.74 Å². The van der Waals surface area contributed by atoms with Crippen molar-refractivity contribution in [1.82, 2.24) is 0 Å². The van der Waals surface area contributed by atoms with Gasteiger partial charge in [-0.1, -0.05) is 13.0 Å². The Kier molecular flexibility index (Phi) is 3.07. The van der Waals surface area contributed by atoms with Crippen LogP contribution in [0.1, 0.15) is 52.4 Å². The van der Waals surface area contributed by atoms with Gasteiger partial charge in [-0.3, -0.25) is 9.59 Å². The summed E-state index contributed by atoms with van der Waals surface area (Å²) in [5, 5.41) is 10.3. The van der Waals surface area contributed by atoms with Gasteiger partial charge in [0.15, 0.2) is 5.76 Å². The first-order chi connectivity index (χ1) is 10.8. The van der Waals surface area contributed by atoms with Gasteiger partial charge >= 0.3 is 5.97 Å². The first-order valence-electron chi connectivity index (χ1n) is 8.73. The molecule has 3 aliphatic carbocycles. The van der Waals surface area contributed by atoms with Gasteiger partial charge in [0.1, 0.15) is 5.60 Å². The lowest BCUT2D eigenvalue weighted by atomic mass is 9.49. The van der Waals surface area contributed by atoms with Crippen LogP contribution in [0.15, 0.2) is 23.5 Å². The topological polar surface area (TPSA) is 63.6 Å². The number of hydrogen-bond donors (Lipinski definition) is 1. The van der Waals surface area contributed by atoms with Crippen molar-refractivity contribution in [3.8, 4) is 0 Å². The van der Waals surface area contributed by atoms with Crippen LogP contribution in [0.25, 0.3) is 0 Å². The van der Waals surface area contributed by atoms with Gasteiger partial charge in [-0.2, -0.15) is 0 Å². The molecule has 0 aromatic carbocycles. The number of ether oxygens (including phenoxy) is 1. The van der Waals surface area contributed by atoms with Gasteiger partial charge in [-0.05, 0) is 62.5 Å². The molecule has 0 radical (unpaired) electrons. The summed E-state index contributed by atoms with van der Waals surface area (Å²) in [6.45, 7) is 4.26. The van der Waals surface area contributed by atoms with Crippen LogP contribution in [0, 0.1) is 23.2 Å². The molecule has 3 fully saturated rings. The number of allylic oxidation sites excluding steroid dienone is 3. The minimum atomic E-state index is -0.329. The molecule has 0 aromatic heterocycles. The normalized spacial score (nSPS) is 45.9. The fraction of sp³-hybridized carbons (Fsp3) is 0.684. The lowest BCUT2D eigenvalue weighted by Gasteiger charge is -2.58. The maximum atomic E-state index is 11.8. The van der Waals surface area contributed by atoms with Crippen LogP contribution in [-0.2, 0) is 14.3 Å². The molecule has 4 rings (SSSR count). The number of aliphatic hydroxyl groups is 1. The van der Waals surface area contributed by atoms with Gasteiger partial charge in [0.2, 0.25) is 5.78 Å². The monoisotopic (exact) mass is 316 g/mol. The molecular weight excluding hydrogens is 292 g/mol. The fourth-order valence-electron chi connectivity index (χ4n) is 5.83. The van der Waals surface area contributed by atoms with Gasteiger partial charge in [0, 0.05) is 17.8 Å². The predicted octanol–water partition coefficient (Wildman–Crippen LogP) is 3.48. The van der Waals surface area contributed by atoms with Crippen LogP contribution < -0.4 is 0 Å². The Hall–Kier alpha value is -1.58. The molecule has 124 valence electrons. The number of hydrogen-bond acceptors (Lipinski definition) is 4. The van der Waals surface area contributed by atoms with E-state index in [2.05, 4.69) is 13.8 Å². The molecule has 4 nitrogen and oxygen atoms in total. The van der Waals surface area contributed by atoms with Crippen LogP contribution >= 0.6 is 0 Å². The summed E-state index contributed by atoms with van der Waals surface area (Å²) in [7, 11) is 0. The van der Waals surface area contributed by atoms with E-state index in [-0.39, 0.29) is 28.5 Å². The van der Waals surface area contributed by atoms with Crippen molar-refractivity contribution in [3.05, 3.63) is 23.5 Å². The van der Waals surface area contributed by atoms with Crippen molar-refractivity contribution in [1.29, 1.82) is 0 Å². The van der Waals surface area contributed by atoms with Crippen LogP contribution in [0.4, 0.5) is 0 Å². The molecule has 0 amide bonds. The quantitative estimate of drug-likeness (QED) is 0.695. The van der Waals surface area contributed by atoms with Crippen molar-refractivity contribution < 1.29 is 19.4 Å². The zero-order valence-corrected chi connectivity index (χ0v) is 13.8. The summed E-state index contributed by atoms with van der Waals surface area (Å²) in [6.07, 6.45) is 8.54. The van der Waals surface area contributed by atoms with Crippen LogP contribution in [0.5, 0.6) is 0 Å². The van der Waals surface area contributed by atoms with E-state index >= 15 is 0 Å². The SMILES string of the molecule is C[C@]12C=CC(=O)C(O)=C1CC[C@@H]1[C@@H]2CC[C@]2(C)OC(=O)CC[C@@H]12. The van der Waals surface area contributed by atoms with Crippen LogP contribution in [-0.4, -0.2) is 22.5 Å². The molecule has 2 saturated carbocycles. The van der Waals surface area contributed by atoms with Gasteiger partial charge in [0.05, 0.1) is 0 Å². The molecule has 0 aromatic rings. The van der Waals surface area contributed by atoms with Crippen molar-refractivity contribution in [2.75, 3.05) is 0 Å². The van der Waals surface area contributed by atoms with Gasteiger partial charge < -0.3 is 9.84 Å². The first-order valence-corrected chi connectivity index (χ1v) is 8.73. The minimum absolute atomic E-state index is 0.0307. The van der Waals surface area contributed by atoms with E-state index in [0.717, 1.165) is 37.7 Å². The molecule has 1 saturated heterocycles. The fourth-order valence-corrected chi connectivity index (χ4v) is 5.83. The lowest BCUT2D eigenvalue weighted by molar-refractivity contribution is -0.192. The highest BCUT2D eigenvalue weighted by molar-refractivity contribution is 6.04. The highest BCUT2D eigenvalue weighted by atomic mass is 16.6. The first kappa shape index (κ1) is 15.0. The number of esters is 1. The number of fused-ring (bicyclic) bond motifs is 5. The predicted molar refractivity (Wildman–Crippen MR) is 84.6 cm³/mol. The van der Waals surface area contributed by atoms with Crippen molar-refractivity contribution >= 4 is 11.8 Å². The molecule has 1 aliphatic heterocycles. The molecule has 0 unspecified atom stereocenters. The third-order valence-electron chi connectivity index (χ3n) is 7.02.